The van der Waals surface area contributed by atoms with Crippen molar-refractivity contribution in [2.45, 2.75) is 40.8 Å². The Morgan fingerprint density at radius 3 is 1.63 bits per heavy atom. The Morgan fingerprint density at radius 2 is 1.07 bits per heavy atom. The van der Waals surface area contributed by atoms with Gasteiger partial charge in [0.25, 0.3) is 0 Å². The van der Waals surface area contributed by atoms with Crippen molar-refractivity contribution in [3.8, 4) is 33.4 Å². The van der Waals surface area contributed by atoms with E-state index < -0.39 is 20.8 Å². The van der Waals surface area contributed by atoms with Gasteiger partial charge >= 0.3 is 37.9 Å². The fourth-order valence-electron chi connectivity index (χ4n) is 5.98. The minimum absolute atomic E-state index is 0.826. The van der Waals surface area contributed by atoms with Crippen LogP contribution in [0.15, 0.2) is 133 Å². The van der Waals surface area contributed by atoms with Gasteiger partial charge in [-0.1, -0.05) is 152 Å². The fourth-order valence-corrected chi connectivity index (χ4v) is 5.98. The van der Waals surface area contributed by atoms with Gasteiger partial charge in [0.05, 0.1) is 0 Å². The van der Waals surface area contributed by atoms with Gasteiger partial charge in [0.2, 0.25) is 0 Å². The molecule has 7 aromatic rings. The van der Waals surface area contributed by atoms with Crippen molar-refractivity contribution in [2.75, 3.05) is 0 Å². The molecule has 46 heavy (non-hydrogen) atoms. The molecule has 0 aliphatic carbocycles. The molecule has 0 heterocycles. The second-order valence-electron chi connectivity index (χ2n) is 11.4. The van der Waals surface area contributed by atoms with Gasteiger partial charge in [-0.2, -0.15) is 6.07 Å². The van der Waals surface area contributed by atoms with Gasteiger partial charge in [-0.15, -0.1) is 68.6 Å². The number of benzene rings is 5. The van der Waals surface area contributed by atoms with Crippen LogP contribution in [0.25, 0.3) is 54.9 Å². The molecule has 0 amide bonds. The number of halogens is 2. The monoisotopic (exact) mass is 732 g/mol. The molecule has 0 bridgehead atoms. The minimum atomic E-state index is -0.826. The molecule has 0 fully saturated rings. The molecular weight excluding hydrogens is 695 g/mol. The SMILES string of the molecule is C[Si]C.Cc1cc2c(-c3ccccc3)ccc(C)c2[cH-]1.Cc1cccc(C)c1-c1cc2c(-c3ccccc3)cccc2[cH-]1.[Cl][Zr+2][Cl]. The molecule has 0 saturated heterocycles. The van der Waals surface area contributed by atoms with Crippen LogP contribution < -0.4 is 0 Å². The quantitative estimate of drug-likeness (QED) is 0.125. The van der Waals surface area contributed by atoms with Crippen molar-refractivity contribution in [1.82, 2.24) is 0 Å². The van der Waals surface area contributed by atoms with E-state index in [-0.39, 0.29) is 0 Å². The van der Waals surface area contributed by atoms with Gasteiger partial charge in [-0.3, -0.25) is 0 Å². The molecule has 0 spiro atoms. The van der Waals surface area contributed by atoms with Gasteiger partial charge in [0.15, 0.2) is 0 Å². The average Bonchev–Trinajstić information content (AvgIpc) is 3.67. The topological polar surface area (TPSA) is 0 Å². The van der Waals surface area contributed by atoms with E-state index in [9.17, 15) is 0 Å². The zero-order valence-electron chi connectivity index (χ0n) is 27.5. The van der Waals surface area contributed by atoms with E-state index in [0.29, 0.717) is 0 Å². The molecule has 2 radical (unpaired) electrons. The van der Waals surface area contributed by atoms with E-state index >= 15 is 0 Å². The summed E-state index contributed by atoms with van der Waals surface area (Å²) >= 11 is -0.826. The van der Waals surface area contributed by atoms with Crippen LogP contribution in [-0.4, -0.2) is 9.52 Å². The van der Waals surface area contributed by atoms with E-state index in [1.54, 1.807) is 0 Å². The molecule has 4 heteroatoms. The third-order valence-corrected chi connectivity index (χ3v) is 7.94. The van der Waals surface area contributed by atoms with E-state index in [0.717, 1.165) is 9.52 Å². The Bertz CT molecular complexity index is 1950. The molecule has 0 atom stereocenters. The number of fused-ring (bicyclic) bond motifs is 2. The van der Waals surface area contributed by atoms with Crippen LogP contribution in [-0.2, 0) is 20.8 Å². The maximum absolute atomic E-state index is 4.93. The first-order valence-electron chi connectivity index (χ1n) is 15.4. The van der Waals surface area contributed by atoms with Gasteiger partial charge < -0.3 is 0 Å². The van der Waals surface area contributed by atoms with Crippen LogP contribution in [0.1, 0.15) is 22.3 Å². The Morgan fingerprint density at radius 1 is 0.543 bits per heavy atom. The van der Waals surface area contributed by atoms with Crippen LogP contribution in [0.4, 0.5) is 0 Å². The zero-order chi connectivity index (χ0) is 33.1. The van der Waals surface area contributed by atoms with E-state index in [4.69, 9.17) is 17.0 Å². The third-order valence-electron chi connectivity index (χ3n) is 7.94. The second kappa shape index (κ2) is 17.8. The summed E-state index contributed by atoms with van der Waals surface area (Å²) in [5.74, 6) is 0. The van der Waals surface area contributed by atoms with Crippen LogP contribution in [0, 0.1) is 27.7 Å². The van der Waals surface area contributed by atoms with Gasteiger partial charge in [0.1, 0.15) is 0 Å². The number of hydrogen-bond donors (Lipinski definition) is 0. The van der Waals surface area contributed by atoms with Crippen molar-refractivity contribution in [3.05, 3.63) is 156 Å². The zero-order valence-corrected chi connectivity index (χ0v) is 32.4. The van der Waals surface area contributed by atoms with E-state index in [2.05, 4.69) is 174 Å². The summed E-state index contributed by atoms with van der Waals surface area (Å²) in [4.78, 5) is 0. The van der Waals surface area contributed by atoms with Gasteiger partial charge in [0, 0.05) is 9.52 Å². The molecule has 0 aromatic heterocycles. The van der Waals surface area contributed by atoms with Crippen molar-refractivity contribution in [2.24, 2.45) is 0 Å². The average molecular weight is 735 g/mol. The first kappa shape index (κ1) is 35.8. The summed E-state index contributed by atoms with van der Waals surface area (Å²) in [6, 6.07) is 48.0. The van der Waals surface area contributed by atoms with Crippen molar-refractivity contribution in [3.63, 3.8) is 0 Å². The first-order chi connectivity index (χ1) is 22.3. The molecule has 0 saturated carbocycles. The van der Waals surface area contributed by atoms with E-state index in [1.807, 2.05) is 0 Å². The molecule has 0 nitrogen and oxygen atoms in total. The molecule has 0 unspecified atom stereocenters. The number of aryl methyl sites for hydroxylation is 4. The van der Waals surface area contributed by atoms with Gasteiger partial charge in [-0.25, -0.2) is 0 Å². The van der Waals surface area contributed by atoms with Crippen LogP contribution in [0.3, 0.4) is 0 Å². The standard InChI is InChI=1S/C23H19.C17H15.C2H6Si.2ClH.Zr/c1-16-8-6-9-17(2)23(16)20-14-19-12-7-13-21(22(19)15-20)18-10-4-3-5-11-18;1-12-10-16-13(2)8-9-15(17(16)11-12)14-6-4-3-5-7-14;1-3-2;;;/h3-15H,1-2H3;3-11H,1-2H3;1-2H3;2*1H;/q2*-1;;;;+4/p-2. The summed E-state index contributed by atoms with van der Waals surface area (Å²) < 4.78 is 0. The Kier molecular flexibility index (Phi) is 13.9. The van der Waals surface area contributed by atoms with E-state index in [1.165, 1.54) is 77.2 Å². The van der Waals surface area contributed by atoms with Crippen molar-refractivity contribution in [1.29, 1.82) is 0 Å². The molecular formula is C42H40Cl2SiZr. The van der Waals surface area contributed by atoms with Gasteiger partial charge in [-0.05, 0) is 25.0 Å². The molecule has 0 aliphatic rings. The molecule has 7 rings (SSSR count). The predicted octanol–water partition coefficient (Wildman–Crippen LogP) is 13.5. The van der Waals surface area contributed by atoms with Crippen molar-refractivity contribution < 1.29 is 20.8 Å². The number of hydrogen-bond acceptors (Lipinski definition) is 0. The van der Waals surface area contributed by atoms with Crippen LogP contribution in [0.5, 0.6) is 0 Å². The molecule has 7 aromatic carbocycles. The second-order valence-corrected chi connectivity index (χ2v) is 16.1. The summed E-state index contributed by atoms with van der Waals surface area (Å²) in [5, 5.41) is 5.39. The molecule has 0 aliphatic heterocycles. The normalized spacial score (nSPS) is 10.2. The molecule has 0 N–H and O–H groups in total. The van der Waals surface area contributed by atoms with Crippen LogP contribution in [0.2, 0.25) is 13.1 Å². The van der Waals surface area contributed by atoms with Crippen LogP contribution >= 0.6 is 17.0 Å². The maximum atomic E-state index is 4.93. The fraction of sp³-hybridized carbons (Fsp3) is 0.143. The summed E-state index contributed by atoms with van der Waals surface area (Å²) in [6.07, 6.45) is 0. The summed E-state index contributed by atoms with van der Waals surface area (Å²) in [7, 11) is 11.0. The molecule has 230 valence electrons. The summed E-state index contributed by atoms with van der Waals surface area (Å²) in [5.41, 5.74) is 13.3. The van der Waals surface area contributed by atoms with Crippen molar-refractivity contribution >= 4 is 48.1 Å². The first-order valence-corrected chi connectivity index (χ1v) is 23.7. The summed E-state index contributed by atoms with van der Waals surface area (Å²) in [6.45, 7) is 13.0. The third kappa shape index (κ3) is 8.87. The predicted molar refractivity (Wildman–Crippen MR) is 204 cm³/mol. The Balaban J connectivity index is 0.000000184. The number of rotatable bonds is 3. The Hall–Kier alpha value is -3.00. The Labute approximate surface area is 296 Å².